The molecule has 0 saturated carbocycles. The number of likely N-dealkylation sites (tertiary alicyclic amines) is 1. The Balaban J connectivity index is 0.00000225. The third-order valence-electron chi connectivity index (χ3n) is 4.65. The van der Waals surface area contributed by atoms with Crippen molar-refractivity contribution in [3.8, 4) is 0 Å². The molecule has 138 valence electrons. The third kappa shape index (κ3) is 5.17. The fraction of sp³-hybridized carbons (Fsp3) is 0.556. The molecule has 2 atom stereocenters. The second-order valence-electron chi connectivity index (χ2n) is 6.32. The first-order chi connectivity index (χ1) is 11.8. The second kappa shape index (κ2) is 9.75. The van der Waals surface area contributed by atoms with Gasteiger partial charge in [0.05, 0.1) is 6.61 Å². The van der Waals surface area contributed by atoms with E-state index >= 15 is 0 Å². The number of amides is 2. The molecule has 0 aliphatic carbocycles. The van der Waals surface area contributed by atoms with E-state index in [0.717, 1.165) is 32.4 Å². The summed E-state index contributed by atoms with van der Waals surface area (Å²) in [5.41, 5.74) is 0.644. The molecule has 7 heteroatoms. The maximum absolute atomic E-state index is 12.7. The van der Waals surface area contributed by atoms with Crippen molar-refractivity contribution in [3.05, 3.63) is 35.9 Å². The van der Waals surface area contributed by atoms with Gasteiger partial charge in [-0.2, -0.15) is 0 Å². The molecule has 0 bridgehead atoms. The van der Waals surface area contributed by atoms with Crippen LogP contribution in [0, 0.1) is 0 Å². The average molecular weight is 368 g/mol. The lowest BCUT2D eigenvalue weighted by Crippen LogP contribution is -2.56. The molecule has 0 aromatic heterocycles. The molecule has 2 aliphatic rings. The smallest absolute Gasteiger partial charge is 0.253 e. The van der Waals surface area contributed by atoms with E-state index in [-0.39, 0.29) is 30.3 Å². The molecular weight excluding hydrogens is 342 g/mol. The van der Waals surface area contributed by atoms with Gasteiger partial charge in [0, 0.05) is 37.8 Å². The summed E-state index contributed by atoms with van der Waals surface area (Å²) in [6.07, 6.45) is 2.61. The summed E-state index contributed by atoms with van der Waals surface area (Å²) in [4.78, 5) is 26.8. The van der Waals surface area contributed by atoms with Crippen LogP contribution in [0.2, 0.25) is 0 Å². The molecule has 2 N–H and O–H groups in total. The molecule has 2 heterocycles. The maximum atomic E-state index is 12.7. The zero-order chi connectivity index (χ0) is 16.8. The van der Waals surface area contributed by atoms with Crippen molar-refractivity contribution in [1.29, 1.82) is 0 Å². The van der Waals surface area contributed by atoms with Crippen LogP contribution in [0.3, 0.4) is 0 Å². The number of nitrogens with one attached hydrogen (secondary N) is 2. The lowest BCUT2D eigenvalue weighted by molar-refractivity contribution is -0.148. The number of piperidine rings is 1. The number of carbonyl (C=O) groups excluding carboxylic acids is 2. The number of carbonyl (C=O) groups is 2. The number of rotatable bonds is 4. The van der Waals surface area contributed by atoms with Gasteiger partial charge in [-0.25, -0.2) is 0 Å². The minimum absolute atomic E-state index is 0. The van der Waals surface area contributed by atoms with Crippen molar-refractivity contribution in [2.24, 2.45) is 0 Å². The van der Waals surface area contributed by atoms with E-state index < -0.39 is 6.10 Å². The Hall–Kier alpha value is -1.63. The summed E-state index contributed by atoms with van der Waals surface area (Å²) < 4.78 is 5.60. The van der Waals surface area contributed by atoms with E-state index in [1.54, 1.807) is 12.1 Å². The molecule has 2 aliphatic heterocycles. The van der Waals surface area contributed by atoms with E-state index in [2.05, 4.69) is 10.6 Å². The van der Waals surface area contributed by atoms with Crippen molar-refractivity contribution in [3.63, 3.8) is 0 Å². The first-order valence-corrected chi connectivity index (χ1v) is 8.72. The normalized spacial score (nSPS) is 23.4. The van der Waals surface area contributed by atoms with Crippen molar-refractivity contribution in [2.45, 2.75) is 31.4 Å². The zero-order valence-corrected chi connectivity index (χ0v) is 15.1. The highest BCUT2D eigenvalue weighted by Gasteiger charge is 2.33. The van der Waals surface area contributed by atoms with Crippen molar-refractivity contribution < 1.29 is 14.3 Å². The Morgan fingerprint density at radius 2 is 2.04 bits per heavy atom. The minimum atomic E-state index is -0.399. The SMILES string of the molecule is Cl.O=C(NCC1CCCCN1C(=O)C1CNCCO1)c1ccccc1. The van der Waals surface area contributed by atoms with E-state index in [1.165, 1.54) is 0 Å². The van der Waals surface area contributed by atoms with Crippen molar-refractivity contribution in [1.82, 2.24) is 15.5 Å². The molecule has 6 nitrogen and oxygen atoms in total. The summed E-state index contributed by atoms with van der Waals surface area (Å²) >= 11 is 0. The Kier molecular flexibility index (Phi) is 7.68. The number of halogens is 1. The third-order valence-corrected chi connectivity index (χ3v) is 4.65. The first kappa shape index (κ1) is 19.7. The van der Waals surface area contributed by atoms with Crippen LogP contribution in [0.25, 0.3) is 0 Å². The molecule has 2 unspecified atom stereocenters. The minimum Gasteiger partial charge on any atom is -0.366 e. The van der Waals surface area contributed by atoms with Crippen LogP contribution in [0.1, 0.15) is 29.6 Å². The van der Waals surface area contributed by atoms with Gasteiger partial charge in [0.25, 0.3) is 11.8 Å². The fourth-order valence-electron chi connectivity index (χ4n) is 3.31. The summed E-state index contributed by atoms with van der Waals surface area (Å²) in [5.74, 6) is -0.0509. The van der Waals surface area contributed by atoms with Gasteiger partial charge in [-0.3, -0.25) is 9.59 Å². The Morgan fingerprint density at radius 1 is 1.24 bits per heavy atom. The number of morpholine rings is 1. The Labute approximate surface area is 154 Å². The van der Waals surface area contributed by atoms with Crippen LogP contribution in [-0.2, 0) is 9.53 Å². The maximum Gasteiger partial charge on any atom is 0.253 e. The number of hydrogen-bond acceptors (Lipinski definition) is 4. The highest BCUT2D eigenvalue weighted by Crippen LogP contribution is 2.19. The number of benzene rings is 1. The van der Waals surface area contributed by atoms with Crippen molar-refractivity contribution in [2.75, 3.05) is 32.8 Å². The molecule has 0 radical (unpaired) electrons. The predicted octanol–water partition coefficient (Wildman–Crippen LogP) is 1.21. The average Bonchev–Trinajstić information content (AvgIpc) is 2.67. The lowest BCUT2D eigenvalue weighted by Gasteiger charge is -2.38. The molecule has 2 saturated heterocycles. The van der Waals surface area contributed by atoms with E-state index in [4.69, 9.17) is 4.74 Å². The van der Waals surface area contributed by atoms with E-state index in [1.807, 2.05) is 23.1 Å². The second-order valence-corrected chi connectivity index (χ2v) is 6.32. The van der Waals surface area contributed by atoms with Crippen molar-refractivity contribution >= 4 is 24.2 Å². The molecule has 1 aromatic carbocycles. The summed E-state index contributed by atoms with van der Waals surface area (Å²) in [6, 6.07) is 9.21. The highest BCUT2D eigenvalue weighted by atomic mass is 35.5. The standard InChI is InChI=1S/C18H25N3O3.ClH/c22-17(14-6-2-1-3-7-14)20-12-15-8-4-5-10-21(15)18(23)16-13-19-9-11-24-16;/h1-3,6-7,15-16,19H,4-5,8-13H2,(H,20,22);1H. The van der Waals surface area contributed by atoms with Crippen LogP contribution in [0.4, 0.5) is 0 Å². The quantitative estimate of drug-likeness (QED) is 0.839. The zero-order valence-electron chi connectivity index (χ0n) is 14.3. The topological polar surface area (TPSA) is 70.7 Å². The predicted molar refractivity (Wildman–Crippen MR) is 98.0 cm³/mol. The summed E-state index contributed by atoms with van der Waals surface area (Å²) in [6.45, 7) is 3.16. The largest absolute Gasteiger partial charge is 0.366 e. The van der Waals surface area contributed by atoms with Crippen LogP contribution in [0.15, 0.2) is 30.3 Å². The monoisotopic (exact) mass is 367 g/mol. The number of nitrogens with zero attached hydrogens (tertiary/aromatic N) is 1. The van der Waals surface area contributed by atoms with Gasteiger partial charge in [0.1, 0.15) is 6.10 Å². The molecule has 2 fully saturated rings. The van der Waals surface area contributed by atoms with Crippen LogP contribution >= 0.6 is 12.4 Å². The highest BCUT2D eigenvalue weighted by molar-refractivity contribution is 5.94. The molecular formula is C18H26ClN3O3. The molecule has 3 rings (SSSR count). The van der Waals surface area contributed by atoms with Gasteiger partial charge in [-0.05, 0) is 31.4 Å². The van der Waals surface area contributed by atoms with Crippen LogP contribution < -0.4 is 10.6 Å². The van der Waals surface area contributed by atoms with E-state index in [9.17, 15) is 9.59 Å². The fourth-order valence-corrected chi connectivity index (χ4v) is 3.31. The van der Waals surface area contributed by atoms with Crippen LogP contribution in [-0.4, -0.2) is 61.6 Å². The first-order valence-electron chi connectivity index (χ1n) is 8.72. The van der Waals surface area contributed by atoms with Gasteiger partial charge in [0.15, 0.2) is 0 Å². The van der Waals surface area contributed by atoms with Gasteiger partial charge < -0.3 is 20.3 Å². The van der Waals surface area contributed by atoms with Gasteiger partial charge in [-0.15, -0.1) is 12.4 Å². The number of hydrogen-bond donors (Lipinski definition) is 2. The molecule has 25 heavy (non-hydrogen) atoms. The van der Waals surface area contributed by atoms with Gasteiger partial charge >= 0.3 is 0 Å². The van der Waals surface area contributed by atoms with Gasteiger partial charge in [0.2, 0.25) is 0 Å². The summed E-state index contributed by atoms with van der Waals surface area (Å²) in [7, 11) is 0. The number of ether oxygens (including phenoxy) is 1. The Bertz CT molecular complexity index is 564. The molecule has 2 amide bonds. The molecule has 1 aromatic rings. The lowest BCUT2D eigenvalue weighted by atomic mass is 10.0. The van der Waals surface area contributed by atoms with Crippen LogP contribution in [0.5, 0.6) is 0 Å². The molecule has 0 spiro atoms. The van der Waals surface area contributed by atoms with E-state index in [0.29, 0.717) is 25.3 Å². The summed E-state index contributed by atoms with van der Waals surface area (Å²) in [5, 5.41) is 6.17. The Morgan fingerprint density at radius 3 is 2.76 bits per heavy atom. The van der Waals surface area contributed by atoms with Gasteiger partial charge in [-0.1, -0.05) is 18.2 Å².